The number of ether oxygens (including phenoxy) is 1. The monoisotopic (exact) mass is 220 g/mol. The Kier molecular flexibility index (Phi) is 2.71. The van der Waals surface area contributed by atoms with E-state index in [2.05, 4.69) is 20.6 Å². The van der Waals surface area contributed by atoms with Gasteiger partial charge in [-0.3, -0.25) is 0 Å². The SMILES string of the molecule is c1nc2c(c(NC3CCNCC3)n1)COC2. The Bertz CT molecular complexity index is 376. The van der Waals surface area contributed by atoms with Crippen LogP contribution in [0, 0.1) is 0 Å². The standard InChI is InChI=1S/C11H16N4O/c1-3-12-4-2-8(1)15-11-9-5-16-6-10(9)13-7-14-11/h7-8,12H,1-6H2,(H,13,14,15). The van der Waals surface area contributed by atoms with Crippen LogP contribution in [-0.2, 0) is 18.0 Å². The minimum absolute atomic E-state index is 0.529. The predicted octanol–water partition coefficient (Wildman–Crippen LogP) is 0.671. The maximum atomic E-state index is 5.39. The van der Waals surface area contributed by atoms with Gasteiger partial charge in [-0.15, -0.1) is 0 Å². The summed E-state index contributed by atoms with van der Waals surface area (Å²) in [6, 6.07) is 0.529. The van der Waals surface area contributed by atoms with Gasteiger partial charge in [0.25, 0.3) is 0 Å². The number of anilines is 1. The number of nitrogens with one attached hydrogen (secondary N) is 2. The summed E-state index contributed by atoms with van der Waals surface area (Å²) in [5, 5.41) is 6.87. The molecule has 0 bridgehead atoms. The van der Waals surface area contributed by atoms with E-state index in [1.807, 2.05) is 0 Å². The molecule has 0 aliphatic carbocycles. The first-order valence-electron chi connectivity index (χ1n) is 5.81. The van der Waals surface area contributed by atoms with Crippen molar-refractivity contribution >= 4 is 5.82 Å². The van der Waals surface area contributed by atoms with E-state index in [9.17, 15) is 0 Å². The fourth-order valence-electron chi connectivity index (χ4n) is 2.26. The highest BCUT2D eigenvalue weighted by atomic mass is 16.5. The number of piperidine rings is 1. The van der Waals surface area contributed by atoms with Crippen molar-refractivity contribution in [3.05, 3.63) is 17.6 Å². The second-order valence-corrected chi connectivity index (χ2v) is 4.31. The maximum absolute atomic E-state index is 5.39. The van der Waals surface area contributed by atoms with E-state index < -0.39 is 0 Å². The fraction of sp³-hybridized carbons (Fsp3) is 0.636. The average molecular weight is 220 g/mol. The molecule has 16 heavy (non-hydrogen) atoms. The lowest BCUT2D eigenvalue weighted by atomic mass is 10.1. The maximum Gasteiger partial charge on any atom is 0.135 e. The summed E-state index contributed by atoms with van der Waals surface area (Å²) in [7, 11) is 0. The van der Waals surface area contributed by atoms with Crippen molar-refractivity contribution in [2.45, 2.75) is 32.1 Å². The van der Waals surface area contributed by atoms with Crippen LogP contribution in [0.2, 0.25) is 0 Å². The third-order valence-electron chi connectivity index (χ3n) is 3.20. The lowest BCUT2D eigenvalue weighted by molar-refractivity contribution is 0.133. The van der Waals surface area contributed by atoms with Gasteiger partial charge in [-0.2, -0.15) is 0 Å². The Morgan fingerprint density at radius 2 is 2.12 bits per heavy atom. The first-order valence-corrected chi connectivity index (χ1v) is 5.81. The Morgan fingerprint density at radius 1 is 1.25 bits per heavy atom. The lowest BCUT2D eigenvalue weighted by Crippen LogP contribution is -2.35. The Morgan fingerprint density at radius 3 is 3.00 bits per heavy atom. The van der Waals surface area contributed by atoms with E-state index in [0.717, 1.165) is 43.0 Å². The smallest absolute Gasteiger partial charge is 0.135 e. The van der Waals surface area contributed by atoms with Crippen LogP contribution in [-0.4, -0.2) is 29.1 Å². The normalized spacial score (nSPS) is 20.8. The van der Waals surface area contributed by atoms with Crippen LogP contribution in [0.15, 0.2) is 6.33 Å². The summed E-state index contributed by atoms with van der Waals surface area (Å²) >= 11 is 0. The van der Waals surface area contributed by atoms with E-state index in [4.69, 9.17) is 4.74 Å². The first-order chi connectivity index (χ1) is 7.93. The highest BCUT2D eigenvalue weighted by Gasteiger charge is 2.20. The molecule has 5 nitrogen and oxygen atoms in total. The summed E-state index contributed by atoms with van der Waals surface area (Å²) in [6.45, 7) is 3.44. The van der Waals surface area contributed by atoms with Crippen LogP contribution in [0.1, 0.15) is 24.1 Å². The molecule has 2 aliphatic rings. The van der Waals surface area contributed by atoms with Gasteiger partial charge in [0.15, 0.2) is 0 Å². The molecule has 1 aromatic rings. The van der Waals surface area contributed by atoms with Crippen LogP contribution >= 0.6 is 0 Å². The molecule has 0 saturated carbocycles. The number of fused-ring (bicyclic) bond motifs is 1. The molecule has 1 aromatic heterocycles. The summed E-state index contributed by atoms with van der Waals surface area (Å²) in [4.78, 5) is 8.55. The van der Waals surface area contributed by atoms with E-state index in [-0.39, 0.29) is 0 Å². The molecule has 1 fully saturated rings. The predicted molar refractivity (Wildman–Crippen MR) is 60.0 cm³/mol. The van der Waals surface area contributed by atoms with Gasteiger partial charge in [-0.05, 0) is 25.9 Å². The molecule has 1 saturated heterocycles. The summed E-state index contributed by atoms with van der Waals surface area (Å²) < 4.78 is 5.39. The van der Waals surface area contributed by atoms with E-state index in [1.165, 1.54) is 0 Å². The van der Waals surface area contributed by atoms with Crippen molar-refractivity contribution in [2.24, 2.45) is 0 Å². The van der Waals surface area contributed by atoms with Crippen molar-refractivity contribution in [1.82, 2.24) is 15.3 Å². The first kappa shape index (κ1) is 9.99. The Balaban J connectivity index is 1.76. The van der Waals surface area contributed by atoms with Crippen LogP contribution in [0.4, 0.5) is 5.82 Å². The molecule has 0 atom stereocenters. The lowest BCUT2D eigenvalue weighted by Gasteiger charge is -2.24. The summed E-state index contributed by atoms with van der Waals surface area (Å²) in [6.07, 6.45) is 3.93. The number of aromatic nitrogens is 2. The van der Waals surface area contributed by atoms with Gasteiger partial charge in [-0.25, -0.2) is 9.97 Å². The van der Waals surface area contributed by atoms with Crippen LogP contribution < -0.4 is 10.6 Å². The molecule has 0 spiro atoms. The van der Waals surface area contributed by atoms with Crippen LogP contribution in [0.25, 0.3) is 0 Å². The topological polar surface area (TPSA) is 59.1 Å². The molecular formula is C11H16N4O. The molecule has 2 N–H and O–H groups in total. The molecule has 5 heteroatoms. The van der Waals surface area contributed by atoms with Crippen LogP contribution in [0.5, 0.6) is 0 Å². The third-order valence-corrected chi connectivity index (χ3v) is 3.20. The van der Waals surface area contributed by atoms with Gasteiger partial charge in [0, 0.05) is 11.6 Å². The van der Waals surface area contributed by atoms with E-state index in [0.29, 0.717) is 19.3 Å². The second kappa shape index (κ2) is 4.35. The highest BCUT2D eigenvalue weighted by molar-refractivity contribution is 5.47. The molecule has 86 valence electrons. The number of hydrogen-bond donors (Lipinski definition) is 2. The van der Waals surface area contributed by atoms with Crippen molar-refractivity contribution in [2.75, 3.05) is 18.4 Å². The minimum Gasteiger partial charge on any atom is -0.370 e. The third kappa shape index (κ3) is 1.88. The zero-order valence-electron chi connectivity index (χ0n) is 9.20. The van der Waals surface area contributed by atoms with Crippen molar-refractivity contribution < 1.29 is 4.74 Å². The number of rotatable bonds is 2. The molecular weight excluding hydrogens is 204 g/mol. The van der Waals surface area contributed by atoms with Gasteiger partial charge in [0.05, 0.1) is 18.9 Å². The Labute approximate surface area is 94.6 Å². The molecule has 2 aliphatic heterocycles. The fourth-order valence-corrected chi connectivity index (χ4v) is 2.26. The minimum atomic E-state index is 0.529. The highest BCUT2D eigenvalue weighted by Crippen LogP contribution is 2.24. The molecule has 0 radical (unpaired) electrons. The number of hydrogen-bond acceptors (Lipinski definition) is 5. The summed E-state index contributed by atoms with van der Waals surface area (Å²) in [5.41, 5.74) is 2.17. The van der Waals surface area contributed by atoms with Gasteiger partial charge in [0.2, 0.25) is 0 Å². The van der Waals surface area contributed by atoms with E-state index in [1.54, 1.807) is 6.33 Å². The molecule has 0 aromatic carbocycles. The summed E-state index contributed by atoms with van der Waals surface area (Å²) in [5.74, 6) is 0.967. The van der Waals surface area contributed by atoms with Crippen molar-refractivity contribution in [3.8, 4) is 0 Å². The van der Waals surface area contributed by atoms with E-state index >= 15 is 0 Å². The van der Waals surface area contributed by atoms with Crippen molar-refractivity contribution in [1.29, 1.82) is 0 Å². The quantitative estimate of drug-likeness (QED) is 0.767. The zero-order valence-corrected chi connectivity index (χ0v) is 9.20. The van der Waals surface area contributed by atoms with Gasteiger partial charge < -0.3 is 15.4 Å². The van der Waals surface area contributed by atoms with Gasteiger partial charge >= 0.3 is 0 Å². The molecule has 3 rings (SSSR count). The average Bonchev–Trinajstić information content (AvgIpc) is 2.80. The molecule has 0 amide bonds. The zero-order chi connectivity index (χ0) is 10.8. The van der Waals surface area contributed by atoms with Gasteiger partial charge in [-0.1, -0.05) is 0 Å². The van der Waals surface area contributed by atoms with Crippen molar-refractivity contribution in [3.63, 3.8) is 0 Å². The van der Waals surface area contributed by atoms with Crippen LogP contribution in [0.3, 0.4) is 0 Å². The largest absolute Gasteiger partial charge is 0.370 e. The Hall–Kier alpha value is -1.20. The molecule has 3 heterocycles. The number of nitrogens with zero attached hydrogens (tertiary/aromatic N) is 2. The second-order valence-electron chi connectivity index (χ2n) is 4.31. The van der Waals surface area contributed by atoms with Gasteiger partial charge in [0.1, 0.15) is 12.1 Å². The molecule has 0 unspecified atom stereocenters.